The lowest BCUT2D eigenvalue weighted by Crippen LogP contribution is -2.19. The van der Waals surface area contributed by atoms with Crippen LogP contribution in [0.25, 0.3) is 0 Å². The summed E-state index contributed by atoms with van der Waals surface area (Å²) in [5.74, 6) is -0.296. The first-order chi connectivity index (χ1) is 12.6. The minimum Gasteiger partial charge on any atom is -0.493 e. The number of esters is 1. The molecule has 0 saturated carbocycles. The van der Waals surface area contributed by atoms with E-state index in [2.05, 4.69) is 20.3 Å². The van der Waals surface area contributed by atoms with E-state index in [-0.39, 0.29) is 16.7 Å². The highest BCUT2D eigenvalue weighted by Gasteiger charge is 2.25. The van der Waals surface area contributed by atoms with Gasteiger partial charge in [-0.25, -0.2) is 4.79 Å². The molecule has 1 amide bonds. The number of hydrogen-bond acceptors (Lipinski definition) is 9. The molecule has 0 spiro atoms. The van der Waals surface area contributed by atoms with Gasteiger partial charge in [0.25, 0.3) is 5.91 Å². The molecule has 1 aromatic carbocycles. The molecule has 2 rings (SSSR count). The molecular formula is C16H14N4O5S. The largest absolute Gasteiger partial charge is 0.493 e. The molecule has 1 heterocycles. The number of methoxy groups -OCH3 is 2. The third-order valence-corrected chi connectivity index (χ3v) is 3.86. The molecule has 0 radical (unpaired) electrons. The zero-order chi connectivity index (χ0) is 18.9. The van der Waals surface area contributed by atoms with Crippen LogP contribution in [0.4, 0.5) is 0 Å². The third-order valence-electron chi connectivity index (χ3n) is 2.96. The van der Waals surface area contributed by atoms with E-state index in [9.17, 15) is 9.59 Å². The maximum Gasteiger partial charge on any atom is 0.331 e. The van der Waals surface area contributed by atoms with E-state index in [1.165, 1.54) is 20.4 Å². The van der Waals surface area contributed by atoms with E-state index >= 15 is 0 Å². The van der Waals surface area contributed by atoms with Crippen LogP contribution < -0.4 is 14.8 Å². The van der Waals surface area contributed by atoms with E-state index in [4.69, 9.17) is 14.7 Å². The van der Waals surface area contributed by atoms with Crippen LogP contribution in [0.2, 0.25) is 0 Å². The van der Waals surface area contributed by atoms with E-state index in [0.29, 0.717) is 17.1 Å². The zero-order valence-corrected chi connectivity index (χ0v) is 14.7. The van der Waals surface area contributed by atoms with Gasteiger partial charge in [-0.15, -0.1) is 5.10 Å². The highest BCUT2D eigenvalue weighted by molar-refractivity contribution is 8.18. The van der Waals surface area contributed by atoms with Gasteiger partial charge in [0.2, 0.25) is 0 Å². The Labute approximate surface area is 153 Å². The van der Waals surface area contributed by atoms with Crippen molar-refractivity contribution in [2.24, 2.45) is 10.2 Å². The summed E-state index contributed by atoms with van der Waals surface area (Å²) < 4.78 is 15.0. The summed E-state index contributed by atoms with van der Waals surface area (Å²) >= 11 is 0.960. The summed E-state index contributed by atoms with van der Waals surface area (Å²) in [6.45, 7) is -0.149. The minimum absolute atomic E-state index is 0.149. The Morgan fingerprint density at radius 2 is 2.23 bits per heavy atom. The second kappa shape index (κ2) is 9.24. The van der Waals surface area contributed by atoms with Crippen LogP contribution in [0.3, 0.4) is 0 Å². The number of ether oxygens (including phenoxy) is 3. The molecule has 1 N–H and O–H groups in total. The van der Waals surface area contributed by atoms with Gasteiger partial charge >= 0.3 is 5.97 Å². The molecule has 26 heavy (non-hydrogen) atoms. The average molecular weight is 374 g/mol. The quantitative estimate of drug-likeness (QED) is 0.344. The van der Waals surface area contributed by atoms with Gasteiger partial charge in [0, 0.05) is 11.6 Å². The standard InChI is InChI=1S/C16H14N4O5S/c1-23-11-5-3-4-10(14(11)25-7-6-17)9-18-20-16-19-15(22)12(26-16)8-13(21)24-2/h3-5,8-9H,7H2,1-2H3,(H,19,20,22)/b12-8+,18-9?. The molecule has 1 aromatic rings. The van der Waals surface area contributed by atoms with Gasteiger partial charge in [0.15, 0.2) is 23.3 Å². The van der Waals surface area contributed by atoms with E-state index in [0.717, 1.165) is 17.8 Å². The SMILES string of the molecule is COC(=O)/C=C1/S/C(=N\N=Cc2cccc(OC)c2OCC#N)NC1=O. The smallest absolute Gasteiger partial charge is 0.331 e. The first kappa shape index (κ1) is 19.0. The molecule has 0 atom stereocenters. The van der Waals surface area contributed by atoms with Gasteiger partial charge in [-0.05, 0) is 23.9 Å². The maximum atomic E-state index is 11.7. The Morgan fingerprint density at radius 1 is 1.42 bits per heavy atom. The normalized spacial score (nSPS) is 16.6. The molecule has 134 valence electrons. The summed E-state index contributed by atoms with van der Waals surface area (Å²) in [6, 6.07) is 7.01. The van der Waals surface area contributed by atoms with Crippen LogP contribution in [0.1, 0.15) is 5.56 Å². The van der Waals surface area contributed by atoms with Crippen molar-refractivity contribution in [3.8, 4) is 17.6 Å². The topological polar surface area (TPSA) is 122 Å². The predicted molar refractivity (Wildman–Crippen MR) is 95.0 cm³/mol. The number of para-hydroxylation sites is 1. The Morgan fingerprint density at radius 3 is 2.92 bits per heavy atom. The molecule has 0 unspecified atom stereocenters. The number of rotatable bonds is 6. The highest BCUT2D eigenvalue weighted by Crippen LogP contribution is 2.30. The van der Waals surface area contributed by atoms with E-state index in [1.807, 2.05) is 6.07 Å². The second-order valence-corrected chi connectivity index (χ2v) is 5.59. The molecular weight excluding hydrogens is 360 g/mol. The summed E-state index contributed by atoms with van der Waals surface area (Å²) in [6.07, 6.45) is 2.47. The molecule has 10 heteroatoms. The Balaban J connectivity index is 2.17. The van der Waals surface area contributed by atoms with Gasteiger partial charge in [0.1, 0.15) is 6.07 Å². The summed E-state index contributed by atoms with van der Waals surface area (Å²) in [4.78, 5) is 23.1. The van der Waals surface area contributed by atoms with Crippen molar-refractivity contribution in [1.29, 1.82) is 5.26 Å². The van der Waals surface area contributed by atoms with Crippen molar-refractivity contribution in [3.63, 3.8) is 0 Å². The van der Waals surface area contributed by atoms with Gasteiger partial charge < -0.3 is 14.2 Å². The van der Waals surface area contributed by atoms with Crippen molar-refractivity contribution in [3.05, 3.63) is 34.7 Å². The van der Waals surface area contributed by atoms with Crippen LogP contribution in [0.5, 0.6) is 11.5 Å². The number of nitrogens with one attached hydrogen (secondary N) is 1. The Hall–Kier alpha value is -3.32. The number of hydrogen-bond donors (Lipinski definition) is 1. The van der Waals surface area contributed by atoms with Crippen molar-refractivity contribution in [2.75, 3.05) is 20.8 Å². The number of carbonyl (C=O) groups is 2. The van der Waals surface area contributed by atoms with Gasteiger partial charge in [-0.3, -0.25) is 10.1 Å². The first-order valence-electron chi connectivity index (χ1n) is 7.15. The van der Waals surface area contributed by atoms with Gasteiger partial charge in [-0.2, -0.15) is 10.4 Å². The monoisotopic (exact) mass is 374 g/mol. The number of nitriles is 1. The van der Waals surface area contributed by atoms with Gasteiger partial charge in [0.05, 0.1) is 25.3 Å². The summed E-state index contributed by atoms with van der Waals surface area (Å²) in [7, 11) is 2.70. The van der Waals surface area contributed by atoms with Crippen LogP contribution in [-0.4, -0.2) is 44.1 Å². The molecule has 1 aliphatic heterocycles. The third kappa shape index (κ3) is 4.84. The van der Waals surface area contributed by atoms with Crippen molar-refractivity contribution in [2.45, 2.75) is 0 Å². The van der Waals surface area contributed by atoms with Crippen molar-refractivity contribution < 1.29 is 23.8 Å². The molecule has 0 aliphatic carbocycles. The fourth-order valence-corrected chi connectivity index (χ4v) is 2.58. The molecule has 0 bridgehead atoms. The average Bonchev–Trinajstić information content (AvgIpc) is 2.99. The molecule has 1 saturated heterocycles. The van der Waals surface area contributed by atoms with Gasteiger partial charge in [-0.1, -0.05) is 6.07 Å². The lowest BCUT2D eigenvalue weighted by Gasteiger charge is -2.10. The number of amidine groups is 1. The highest BCUT2D eigenvalue weighted by atomic mass is 32.2. The number of thioether (sulfide) groups is 1. The van der Waals surface area contributed by atoms with Crippen LogP contribution in [0, 0.1) is 11.3 Å². The Bertz CT molecular complexity index is 842. The minimum atomic E-state index is -0.636. The Kier molecular flexibility index (Phi) is 6.75. The first-order valence-corrected chi connectivity index (χ1v) is 7.97. The lowest BCUT2D eigenvalue weighted by molar-refractivity contribution is -0.135. The fourth-order valence-electron chi connectivity index (χ4n) is 1.84. The lowest BCUT2D eigenvalue weighted by atomic mass is 10.2. The van der Waals surface area contributed by atoms with Crippen LogP contribution >= 0.6 is 11.8 Å². The second-order valence-electron chi connectivity index (χ2n) is 4.56. The summed E-state index contributed by atoms with van der Waals surface area (Å²) in [5.41, 5.74) is 0.545. The molecule has 0 aromatic heterocycles. The molecule has 1 fully saturated rings. The number of nitrogens with zero attached hydrogens (tertiary/aromatic N) is 3. The number of amides is 1. The zero-order valence-electron chi connectivity index (χ0n) is 13.9. The number of carbonyl (C=O) groups excluding carboxylic acids is 2. The molecule has 9 nitrogen and oxygen atoms in total. The van der Waals surface area contributed by atoms with E-state index in [1.54, 1.807) is 18.2 Å². The fraction of sp³-hybridized carbons (Fsp3) is 0.188. The van der Waals surface area contributed by atoms with Crippen molar-refractivity contribution in [1.82, 2.24) is 5.32 Å². The van der Waals surface area contributed by atoms with E-state index < -0.39 is 11.9 Å². The maximum absolute atomic E-state index is 11.7. The predicted octanol–water partition coefficient (Wildman–Crippen LogP) is 1.21. The van der Waals surface area contributed by atoms with Crippen molar-refractivity contribution >= 4 is 35.0 Å². The molecule has 1 aliphatic rings. The summed E-state index contributed by atoms with van der Waals surface area (Å²) in [5, 5.41) is 19.2. The van der Waals surface area contributed by atoms with Crippen LogP contribution in [0.15, 0.2) is 39.4 Å². The number of benzene rings is 1. The van der Waals surface area contributed by atoms with Crippen LogP contribution in [-0.2, 0) is 14.3 Å².